The molecule has 3 aromatic rings. The van der Waals surface area contributed by atoms with Crippen LogP contribution in [-0.2, 0) is 10.0 Å². The average molecular weight is 446 g/mol. The zero-order chi connectivity index (χ0) is 22.6. The number of nitrogens with one attached hydrogen (secondary N) is 2. The highest BCUT2D eigenvalue weighted by Crippen LogP contribution is 2.26. The molecule has 0 aromatic heterocycles. The van der Waals surface area contributed by atoms with Crippen molar-refractivity contribution in [1.29, 1.82) is 0 Å². The number of amides is 1. The molecule has 9 heteroatoms. The molecule has 1 amide bonds. The summed E-state index contributed by atoms with van der Waals surface area (Å²) in [6.07, 6.45) is 0. The van der Waals surface area contributed by atoms with E-state index >= 15 is 0 Å². The lowest BCUT2D eigenvalue weighted by Gasteiger charge is -2.13. The third-order valence-electron chi connectivity index (χ3n) is 4.38. The van der Waals surface area contributed by atoms with E-state index in [0.717, 1.165) is 5.56 Å². The Bertz CT molecular complexity index is 1200. The number of hydrogen-bond acceptors (Lipinski definition) is 4. The number of para-hydroxylation sites is 2. The first-order valence-corrected chi connectivity index (χ1v) is 10.7. The first-order valence-electron chi connectivity index (χ1n) is 9.21. The topological polar surface area (TPSA) is 84.5 Å². The third-order valence-corrected chi connectivity index (χ3v) is 5.91. The van der Waals surface area contributed by atoms with Crippen LogP contribution < -0.4 is 14.8 Å². The van der Waals surface area contributed by atoms with Crippen LogP contribution in [0.5, 0.6) is 5.75 Å². The Morgan fingerprint density at radius 1 is 0.968 bits per heavy atom. The van der Waals surface area contributed by atoms with Crippen LogP contribution in [0.1, 0.15) is 21.5 Å². The van der Waals surface area contributed by atoms with Gasteiger partial charge >= 0.3 is 6.61 Å². The van der Waals surface area contributed by atoms with E-state index in [9.17, 15) is 22.0 Å². The van der Waals surface area contributed by atoms with Gasteiger partial charge in [0.05, 0.1) is 10.6 Å². The van der Waals surface area contributed by atoms with E-state index in [1.54, 1.807) is 32.0 Å². The van der Waals surface area contributed by atoms with Gasteiger partial charge in [-0.25, -0.2) is 8.42 Å². The maximum atomic E-state index is 12.7. The number of sulfonamides is 1. The van der Waals surface area contributed by atoms with E-state index in [2.05, 4.69) is 14.8 Å². The lowest BCUT2D eigenvalue weighted by molar-refractivity contribution is -0.0493. The van der Waals surface area contributed by atoms with Gasteiger partial charge in [-0.2, -0.15) is 8.78 Å². The van der Waals surface area contributed by atoms with Gasteiger partial charge in [-0.15, -0.1) is 0 Å². The van der Waals surface area contributed by atoms with Crippen LogP contribution in [0.15, 0.2) is 71.6 Å². The minimum atomic E-state index is -3.80. The summed E-state index contributed by atoms with van der Waals surface area (Å²) in [5.74, 6) is -0.724. The van der Waals surface area contributed by atoms with Crippen LogP contribution in [0, 0.1) is 13.8 Å². The number of aryl methyl sites for hydroxylation is 2. The van der Waals surface area contributed by atoms with Gasteiger partial charge in [-0.3, -0.25) is 9.52 Å². The van der Waals surface area contributed by atoms with E-state index in [0.29, 0.717) is 5.56 Å². The fraction of sp³-hybridized carbons (Fsp3) is 0.136. The van der Waals surface area contributed by atoms with Crippen LogP contribution in [0.2, 0.25) is 0 Å². The maximum absolute atomic E-state index is 12.7. The molecule has 0 fully saturated rings. The van der Waals surface area contributed by atoms with Gasteiger partial charge < -0.3 is 10.1 Å². The predicted octanol–water partition coefficient (Wildman–Crippen LogP) is 4.96. The van der Waals surface area contributed by atoms with Crippen molar-refractivity contribution in [1.82, 2.24) is 0 Å². The second kappa shape index (κ2) is 9.13. The van der Waals surface area contributed by atoms with Crippen molar-refractivity contribution in [3.8, 4) is 5.75 Å². The van der Waals surface area contributed by atoms with Gasteiger partial charge in [0.1, 0.15) is 5.75 Å². The summed E-state index contributed by atoms with van der Waals surface area (Å²) < 4.78 is 57.3. The van der Waals surface area contributed by atoms with Gasteiger partial charge in [0.15, 0.2) is 0 Å². The number of carbonyl (C=O) groups excluding carboxylic acids is 1. The monoisotopic (exact) mass is 446 g/mol. The minimum absolute atomic E-state index is 0.0903. The highest BCUT2D eigenvalue weighted by molar-refractivity contribution is 7.92. The zero-order valence-electron chi connectivity index (χ0n) is 16.7. The number of hydrogen-bond donors (Lipinski definition) is 2. The number of rotatable bonds is 7. The van der Waals surface area contributed by atoms with Crippen LogP contribution in [-0.4, -0.2) is 20.9 Å². The molecule has 3 rings (SSSR count). The molecule has 2 N–H and O–H groups in total. The van der Waals surface area contributed by atoms with Gasteiger partial charge in [-0.1, -0.05) is 24.3 Å². The first-order chi connectivity index (χ1) is 14.7. The Hall–Kier alpha value is -3.46. The second-order valence-electron chi connectivity index (χ2n) is 6.78. The minimum Gasteiger partial charge on any atom is -0.433 e. The fourth-order valence-corrected chi connectivity index (χ4v) is 4.25. The van der Waals surface area contributed by atoms with Crippen molar-refractivity contribution >= 4 is 27.3 Å². The average Bonchev–Trinajstić information content (AvgIpc) is 2.71. The molecule has 0 bridgehead atoms. The number of carbonyl (C=O) groups is 1. The number of anilines is 2. The molecule has 0 spiro atoms. The van der Waals surface area contributed by atoms with Crippen molar-refractivity contribution in [3.05, 3.63) is 83.4 Å². The lowest BCUT2D eigenvalue weighted by Crippen LogP contribution is -2.16. The van der Waals surface area contributed by atoms with Crippen molar-refractivity contribution < 1.29 is 26.7 Å². The molecule has 6 nitrogen and oxygen atoms in total. The highest BCUT2D eigenvalue weighted by Gasteiger charge is 2.18. The van der Waals surface area contributed by atoms with Crippen molar-refractivity contribution in [2.75, 3.05) is 10.0 Å². The fourth-order valence-electron chi connectivity index (χ4n) is 2.86. The van der Waals surface area contributed by atoms with E-state index < -0.39 is 22.5 Å². The number of benzene rings is 3. The molecule has 3 aromatic carbocycles. The van der Waals surface area contributed by atoms with E-state index in [1.807, 2.05) is 6.07 Å². The molecule has 0 aliphatic heterocycles. The van der Waals surface area contributed by atoms with Crippen LogP contribution in [0.4, 0.5) is 20.2 Å². The van der Waals surface area contributed by atoms with Crippen LogP contribution in [0.25, 0.3) is 0 Å². The van der Waals surface area contributed by atoms with Gasteiger partial charge in [0.25, 0.3) is 15.9 Å². The molecule has 0 heterocycles. The molecule has 0 aliphatic carbocycles. The third kappa shape index (κ3) is 5.58. The lowest BCUT2D eigenvalue weighted by atomic mass is 10.2. The standard InChI is InChI=1S/C22H20F2N2O4S/c1-14-7-8-15(2)20(13-14)31(28,29)26-17-11-9-16(10-12-17)21(27)25-18-5-3-4-6-19(18)30-22(23)24/h3-13,22,26H,1-2H3,(H,25,27). The van der Waals surface area contributed by atoms with Crippen LogP contribution >= 0.6 is 0 Å². The Morgan fingerprint density at radius 2 is 1.65 bits per heavy atom. The van der Waals surface area contributed by atoms with Crippen molar-refractivity contribution in [3.63, 3.8) is 0 Å². The van der Waals surface area contributed by atoms with E-state index in [-0.39, 0.29) is 27.6 Å². The molecular formula is C22H20F2N2O4S. The molecule has 0 saturated carbocycles. The predicted molar refractivity (Wildman–Crippen MR) is 114 cm³/mol. The molecule has 162 valence electrons. The summed E-state index contributed by atoms with van der Waals surface area (Å²) >= 11 is 0. The normalized spacial score (nSPS) is 11.3. The summed E-state index contributed by atoms with van der Waals surface area (Å²) in [5, 5.41) is 2.50. The highest BCUT2D eigenvalue weighted by atomic mass is 32.2. The van der Waals surface area contributed by atoms with Gasteiger partial charge in [0.2, 0.25) is 0 Å². The Kier molecular flexibility index (Phi) is 6.55. The van der Waals surface area contributed by atoms with Gasteiger partial charge in [-0.05, 0) is 67.4 Å². The molecule has 0 unspecified atom stereocenters. The SMILES string of the molecule is Cc1ccc(C)c(S(=O)(=O)Nc2ccc(C(=O)Nc3ccccc3OC(F)F)cc2)c1. The van der Waals surface area contributed by atoms with Crippen molar-refractivity contribution in [2.45, 2.75) is 25.4 Å². The summed E-state index contributed by atoms with van der Waals surface area (Å²) in [6, 6.07) is 16.7. The maximum Gasteiger partial charge on any atom is 0.387 e. The first kappa shape index (κ1) is 22.2. The summed E-state index contributed by atoms with van der Waals surface area (Å²) in [5.41, 5.74) is 2.00. The molecule has 0 radical (unpaired) electrons. The summed E-state index contributed by atoms with van der Waals surface area (Å²) in [4.78, 5) is 12.6. The molecule has 0 aliphatic rings. The molecule has 0 saturated heterocycles. The second-order valence-corrected chi connectivity index (χ2v) is 8.43. The molecule has 31 heavy (non-hydrogen) atoms. The smallest absolute Gasteiger partial charge is 0.387 e. The van der Waals surface area contributed by atoms with E-state index in [1.165, 1.54) is 42.5 Å². The molecule has 0 atom stereocenters. The molecular weight excluding hydrogens is 426 g/mol. The number of ether oxygens (including phenoxy) is 1. The van der Waals surface area contributed by atoms with Gasteiger partial charge in [0, 0.05) is 11.3 Å². The Morgan fingerprint density at radius 3 is 2.32 bits per heavy atom. The largest absolute Gasteiger partial charge is 0.433 e. The Balaban J connectivity index is 1.75. The summed E-state index contributed by atoms with van der Waals surface area (Å²) in [6.45, 7) is 0.482. The zero-order valence-corrected chi connectivity index (χ0v) is 17.5. The number of alkyl halides is 2. The Labute approximate surface area is 178 Å². The van der Waals surface area contributed by atoms with E-state index in [4.69, 9.17) is 0 Å². The van der Waals surface area contributed by atoms with Crippen molar-refractivity contribution in [2.24, 2.45) is 0 Å². The van der Waals surface area contributed by atoms with Crippen LogP contribution in [0.3, 0.4) is 0 Å². The number of halogens is 2. The quantitative estimate of drug-likeness (QED) is 0.537. The summed E-state index contributed by atoms with van der Waals surface area (Å²) in [7, 11) is -3.80.